The van der Waals surface area contributed by atoms with Gasteiger partial charge in [-0.2, -0.15) is 0 Å². The lowest BCUT2D eigenvalue weighted by molar-refractivity contribution is 0.0685. The highest BCUT2D eigenvalue weighted by Gasteiger charge is 2.33. The van der Waals surface area contributed by atoms with Crippen molar-refractivity contribution in [3.63, 3.8) is 0 Å². The van der Waals surface area contributed by atoms with Crippen molar-refractivity contribution in [3.8, 4) is 0 Å². The van der Waals surface area contributed by atoms with E-state index in [4.69, 9.17) is 0 Å². The van der Waals surface area contributed by atoms with Crippen LogP contribution in [0, 0.1) is 5.82 Å². The van der Waals surface area contributed by atoms with Gasteiger partial charge in [-0.15, -0.1) is 0 Å². The van der Waals surface area contributed by atoms with Crippen LogP contribution in [-0.2, 0) is 7.05 Å². The number of hydrogen-bond acceptors (Lipinski definition) is 1. The molecule has 0 atom stereocenters. The maximum Gasteiger partial charge on any atom is 0.352 e. The zero-order valence-electron chi connectivity index (χ0n) is 9.40. The van der Waals surface area contributed by atoms with Crippen molar-refractivity contribution >= 4 is 16.9 Å². The fraction of sp³-hybridized carbons (Fsp3) is 0.308. The third kappa shape index (κ3) is 1.44. The largest absolute Gasteiger partial charge is 0.477 e. The molecule has 3 nitrogen and oxygen atoms in total. The summed E-state index contributed by atoms with van der Waals surface area (Å²) in [6.45, 7) is 0. The summed E-state index contributed by atoms with van der Waals surface area (Å²) in [5.74, 6) is -0.973. The number of aromatic nitrogens is 1. The minimum absolute atomic E-state index is 0.284. The molecular formula is C13H12FNO2. The van der Waals surface area contributed by atoms with Gasteiger partial charge in [0.25, 0.3) is 0 Å². The monoisotopic (exact) mass is 233 g/mol. The van der Waals surface area contributed by atoms with Crippen LogP contribution >= 0.6 is 0 Å². The molecule has 1 aliphatic carbocycles. The molecule has 1 N–H and O–H groups in total. The molecule has 3 rings (SSSR count). The second-order valence-electron chi connectivity index (χ2n) is 4.56. The highest BCUT2D eigenvalue weighted by Crippen LogP contribution is 2.46. The van der Waals surface area contributed by atoms with Gasteiger partial charge in [0.15, 0.2) is 0 Å². The van der Waals surface area contributed by atoms with Crippen molar-refractivity contribution in [1.82, 2.24) is 4.57 Å². The van der Waals surface area contributed by atoms with Crippen molar-refractivity contribution in [1.29, 1.82) is 0 Å². The third-order valence-corrected chi connectivity index (χ3v) is 3.39. The molecule has 0 saturated heterocycles. The van der Waals surface area contributed by atoms with Crippen LogP contribution in [0.5, 0.6) is 0 Å². The number of aromatic carboxylic acids is 1. The number of aryl methyl sites for hydroxylation is 1. The lowest BCUT2D eigenvalue weighted by atomic mass is 10.1. The topological polar surface area (TPSA) is 42.2 Å². The van der Waals surface area contributed by atoms with Gasteiger partial charge in [0.05, 0.1) is 0 Å². The van der Waals surface area contributed by atoms with Gasteiger partial charge in [-0.25, -0.2) is 9.18 Å². The van der Waals surface area contributed by atoms with Crippen LogP contribution in [0.15, 0.2) is 18.2 Å². The van der Waals surface area contributed by atoms with Crippen LogP contribution in [0.2, 0.25) is 0 Å². The summed E-state index contributed by atoms with van der Waals surface area (Å²) in [7, 11) is 1.72. The average Bonchev–Trinajstić information content (AvgIpc) is 3.04. The standard InChI is InChI=1S/C13H12FNO2/c1-15-10-5-4-8(14)6-9(10)11(7-2-3-7)12(15)13(16)17/h4-7H,2-3H2,1H3,(H,16,17). The summed E-state index contributed by atoms with van der Waals surface area (Å²) < 4.78 is 14.9. The van der Waals surface area contributed by atoms with E-state index in [-0.39, 0.29) is 11.7 Å². The maximum atomic E-state index is 13.3. The average molecular weight is 233 g/mol. The molecule has 0 unspecified atom stereocenters. The fourth-order valence-electron chi connectivity index (χ4n) is 2.49. The minimum Gasteiger partial charge on any atom is -0.477 e. The summed E-state index contributed by atoms with van der Waals surface area (Å²) >= 11 is 0. The van der Waals surface area contributed by atoms with Gasteiger partial charge in [0.1, 0.15) is 11.5 Å². The molecule has 1 fully saturated rings. The number of hydrogen-bond donors (Lipinski definition) is 1. The van der Waals surface area contributed by atoms with Crippen LogP contribution in [-0.4, -0.2) is 15.6 Å². The molecule has 0 aliphatic heterocycles. The smallest absolute Gasteiger partial charge is 0.352 e. The van der Waals surface area contributed by atoms with Crippen LogP contribution in [0.1, 0.15) is 34.8 Å². The van der Waals surface area contributed by atoms with Crippen LogP contribution in [0.3, 0.4) is 0 Å². The first-order valence-corrected chi connectivity index (χ1v) is 5.60. The summed E-state index contributed by atoms with van der Waals surface area (Å²) in [6, 6.07) is 4.45. The van der Waals surface area contributed by atoms with E-state index in [0.29, 0.717) is 5.69 Å². The van der Waals surface area contributed by atoms with E-state index in [2.05, 4.69) is 0 Å². The SMILES string of the molecule is Cn1c(C(=O)O)c(C2CC2)c2cc(F)ccc21. The van der Waals surface area contributed by atoms with Gasteiger partial charge >= 0.3 is 5.97 Å². The molecule has 88 valence electrons. The van der Waals surface area contributed by atoms with E-state index in [1.54, 1.807) is 17.7 Å². The zero-order chi connectivity index (χ0) is 12.2. The zero-order valence-corrected chi connectivity index (χ0v) is 9.40. The lowest BCUT2D eigenvalue weighted by Gasteiger charge is -2.00. The Labute approximate surface area is 97.5 Å². The van der Waals surface area contributed by atoms with Gasteiger partial charge in [0.2, 0.25) is 0 Å². The first-order chi connectivity index (χ1) is 8.09. The van der Waals surface area contributed by atoms with Gasteiger partial charge in [-0.3, -0.25) is 0 Å². The molecule has 4 heteroatoms. The molecular weight excluding hydrogens is 221 g/mol. The highest BCUT2D eigenvalue weighted by molar-refractivity contribution is 5.99. The second-order valence-corrected chi connectivity index (χ2v) is 4.56. The quantitative estimate of drug-likeness (QED) is 0.866. The maximum absolute atomic E-state index is 13.3. The number of halogens is 1. The molecule has 0 spiro atoms. The van der Waals surface area contributed by atoms with Gasteiger partial charge in [0, 0.05) is 18.0 Å². The second kappa shape index (κ2) is 3.32. The Morgan fingerprint density at radius 1 is 1.47 bits per heavy atom. The van der Waals surface area contributed by atoms with E-state index in [0.717, 1.165) is 29.3 Å². The van der Waals surface area contributed by atoms with Crippen molar-refractivity contribution in [2.45, 2.75) is 18.8 Å². The lowest BCUT2D eigenvalue weighted by Crippen LogP contribution is -2.06. The first kappa shape index (κ1) is 10.3. The summed E-state index contributed by atoms with van der Waals surface area (Å²) in [4.78, 5) is 11.3. The Balaban J connectivity index is 2.41. The Morgan fingerprint density at radius 3 is 2.76 bits per heavy atom. The number of nitrogens with zero attached hydrogens (tertiary/aromatic N) is 1. The predicted octanol–water partition coefficient (Wildman–Crippen LogP) is 2.89. The third-order valence-electron chi connectivity index (χ3n) is 3.39. The van der Waals surface area contributed by atoms with Crippen molar-refractivity contribution < 1.29 is 14.3 Å². The summed E-state index contributed by atoms with van der Waals surface area (Å²) in [6.07, 6.45) is 1.99. The summed E-state index contributed by atoms with van der Waals surface area (Å²) in [5, 5.41) is 10.0. The van der Waals surface area contributed by atoms with Crippen LogP contribution in [0.4, 0.5) is 4.39 Å². The number of rotatable bonds is 2. The highest BCUT2D eigenvalue weighted by atomic mass is 19.1. The first-order valence-electron chi connectivity index (χ1n) is 5.60. The van der Waals surface area contributed by atoms with Crippen LogP contribution < -0.4 is 0 Å². The molecule has 1 aromatic heterocycles. The minimum atomic E-state index is -0.939. The van der Waals surface area contributed by atoms with Crippen molar-refractivity contribution in [3.05, 3.63) is 35.3 Å². The van der Waals surface area contributed by atoms with E-state index >= 15 is 0 Å². The Morgan fingerprint density at radius 2 is 2.18 bits per heavy atom. The van der Waals surface area contributed by atoms with Crippen molar-refractivity contribution in [2.24, 2.45) is 7.05 Å². The number of carbonyl (C=O) groups is 1. The Kier molecular flexibility index (Phi) is 2.02. The van der Waals surface area contributed by atoms with E-state index in [9.17, 15) is 14.3 Å². The summed E-state index contributed by atoms with van der Waals surface area (Å²) in [5.41, 5.74) is 1.88. The molecule has 17 heavy (non-hydrogen) atoms. The number of carboxylic acids is 1. The fourth-order valence-corrected chi connectivity index (χ4v) is 2.49. The Hall–Kier alpha value is -1.84. The molecule has 1 aliphatic rings. The molecule has 0 amide bonds. The molecule has 2 aromatic rings. The van der Waals surface area contributed by atoms with E-state index in [1.165, 1.54) is 12.1 Å². The number of carboxylic acid groups (broad SMARTS) is 1. The van der Waals surface area contributed by atoms with Crippen molar-refractivity contribution in [2.75, 3.05) is 0 Å². The van der Waals surface area contributed by atoms with E-state index in [1.807, 2.05) is 0 Å². The molecule has 0 bridgehead atoms. The molecule has 1 heterocycles. The normalized spacial score (nSPS) is 15.4. The molecule has 0 radical (unpaired) electrons. The number of benzene rings is 1. The van der Waals surface area contributed by atoms with Gasteiger partial charge < -0.3 is 9.67 Å². The molecule has 1 aromatic carbocycles. The van der Waals surface area contributed by atoms with E-state index < -0.39 is 5.97 Å². The van der Waals surface area contributed by atoms with Gasteiger partial charge in [-0.1, -0.05) is 0 Å². The van der Waals surface area contributed by atoms with Crippen LogP contribution in [0.25, 0.3) is 10.9 Å². The predicted molar refractivity (Wildman–Crippen MR) is 61.8 cm³/mol. The number of fused-ring (bicyclic) bond motifs is 1. The molecule has 1 saturated carbocycles. The Bertz CT molecular complexity index is 626. The van der Waals surface area contributed by atoms with Gasteiger partial charge in [-0.05, 0) is 42.5 Å².